The van der Waals surface area contributed by atoms with Crippen LogP contribution in [-0.4, -0.2) is 36.7 Å². The van der Waals surface area contributed by atoms with Gasteiger partial charge in [-0.25, -0.2) is 13.2 Å². The Balaban J connectivity index is 2.19. The smallest absolute Gasteiger partial charge is 0.338 e. The molecule has 1 aliphatic carbocycles. The third-order valence-corrected chi connectivity index (χ3v) is 4.90. The van der Waals surface area contributed by atoms with Gasteiger partial charge in [0, 0.05) is 18.3 Å². The van der Waals surface area contributed by atoms with Crippen LogP contribution in [0.5, 0.6) is 0 Å². The minimum absolute atomic E-state index is 0.181. The van der Waals surface area contributed by atoms with Gasteiger partial charge in [-0.15, -0.1) is 0 Å². The maximum Gasteiger partial charge on any atom is 0.338 e. The summed E-state index contributed by atoms with van der Waals surface area (Å²) in [6.45, 7) is 1.41. The van der Waals surface area contributed by atoms with Crippen molar-refractivity contribution < 1.29 is 22.9 Å². The number of thiol groups is 1. The van der Waals surface area contributed by atoms with Crippen LogP contribution in [0.15, 0.2) is 30.3 Å². The third-order valence-electron chi connectivity index (χ3n) is 4.21. The van der Waals surface area contributed by atoms with Gasteiger partial charge in [0.1, 0.15) is 16.8 Å². The second kappa shape index (κ2) is 6.43. The van der Waals surface area contributed by atoms with Crippen molar-refractivity contribution in [1.29, 1.82) is 0 Å². The Labute approximate surface area is 129 Å². The molecule has 0 aromatic heterocycles. The van der Waals surface area contributed by atoms with E-state index in [0.29, 0.717) is 5.56 Å². The molecule has 0 N–H and O–H groups in total. The SMILES string of the molecule is CC1([N+](=O)[O-])CCC(OC(=O)c2ccccc2)C1C[SH](=O)=O. The van der Waals surface area contributed by atoms with E-state index in [1.54, 1.807) is 30.3 Å². The summed E-state index contributed by atoms with van der Waals surface area (Å²) in [6, 6.07) is 8.26. The van der Waals surface area contributed by atoms with Crippen LogP contribution in [0.1, 0.15) is 30.1 Å². The average molecular weight is 327 g/mol. The highest BCUT2D eigenvalue weighted by atomic mass is 32.2. The maximum absolute atomic E-state index is 12.1. The van der Waals surface area contributed by atoms with Crippen LogP contribution in [0.3, 0.4) is 0 Å². The van der Waals surface area contributed by atoms with Crippen LogP contribution in [0.2, 0.25) is 0 Å². The number of rotatable bonds is 5. The molecule has 1 aromatic carbocycles. The summed E-state index contributed by atoms with van der Waals surface area (Å²) < 4.78 is 27.4. The Morgan fingerprint density at radius 3 is 2.59 bits per heavy atom. The first-order valence-electron chi connectivity index (χ1n) is 6.87. The van der Waals surface area contributed by atoms with Crippen molar-refractivity contribution in [3.05, 3.63) is 46.0 Å². The van der Waals surface area contributed by atoms with E-state index in [4.69, 9.17) is 4.74 Å². The molecule has 0 radical (unpaired) electrons. The normalized spacial score (nSPS) is 27.7. The molecule has 22 heavy (non-hydrogen) atoms. The van der Waals surface area contributed by atoms with Gasteiger partial charge in [-0.1, -0.05) is 18.2 Å². The van der Waals surface area contributed by atoms with Crippen molar-refractivity contribution in [2.24, 2.45) is 5.92 Å². The van der Waals surface area contributed by atoms with E-state index in [-0.39, 0.29) is 18.6 Å². The highest BCUT2D eigenvalue weighted by Gasteiger charge is 2.56. The van der Waals surface area contributed by atoms with E-state index in [9.17, 15) is 23.3 Å². The molecule has 3 atom stereocenters. The average Bonchev–Trinajstić information content (AvgIpc) is 2.78. The Morgan fingerprint density at radius 1 is 1.41 bits per heavy atom. The van der Waals surface area contributed by atoms with Crippen molar-refractivity contribution in [2.75, 3.05) is 5.75 Å². The van der Waals surface area contributed by atoms with Gasteiger partial charge in [-0.2, -0.15) is 0 Å². The summed E-state index contributed by atoms with van der Waals surface area (Å²) in [6.07, 6.45) is -0.305. The molecular formula is C14H17NO6S. The van der Waals surface area contributed by atoms with Crippen LogP contribution < -0.4 is 0 Å². The third kappa shape index (κ3) is 3.27. The van der Waals surface area contributed by atoms with Gasteiger partial charge < -0.3 is 4.74 Å². The zero-order chi connectivity index (χ0) is 16.3. The van der Waals surface area contributed by atoms with Gasteiger partial charge in [0.15, 0.2) is 0 Å². The fraction of sp³-hybridized carbons (Fsp3) is 0.500. The van der Waals surface area contributed by atoms with Gasteiger partial charge in [0.05, 0.1) is 17.2 Å². The number of benzene rings is 1. The molecule has 0 bridgehead atoms. The van der Waals surface area contributed by atoms with Gasteiger partial charge in [0.2, 0.25) is 5.54 Å². The number of carbonyl (C=O) groups is 1. The monoisotopic (exact) mass is 327 g/mol. The number of nitrogens with zero attached hydrogens (tertiary/aromatic N) is 1. The molecule has 7 nitrogen and oxygen atoms in total. The number of ether oxygens (including phenoxy) is 1. The molecule has 0 amide bonds. The second-order valence-corrected chi connectivity index (χ2v) is 6.62. The number of esters is 1. The standard InChI is InChI=1S/C14H17NO6S/c1-14(15(17)18)8-7-12(11(14)9-22(19)20)21-13(16)10-5-3-2-4-6-10/h2-6,11-12,22H,7-9H2,1H3. The van der Waals surface area contributed by atoms with Crippen molar-refractivity contribution in [3.8, 4) is 0 Å². The van der Waals surface area contributed by atoms with Crippen LogP contribution in [0.4, 0.5) is 0 Å². The maximum atomic E-state index is 12.1. The molecule has 2 rings (SSSR count). The lowest BCUT2D eigenvalue weighted by molar-refractivity contribution is -0.572. The highest BCUT2D eigenvalue weighted by molar-refractivity contribution is 7.72. The van der Waals surface area contributed by atoms with Crippen LogP contribution >= 0.6 is 0 Å². The first kappa shape index (κ1) is 16.4. The second-order valence-electron chi connectivity index (χ2n) is 5.58. The first-order valence-corrected chi connectivity index (χ1v) is 8.23. The van der Waals surface area contributed by atoms with E-state index in [2.05, 4.69) is 0 Å². The predicted molar refractivity (Wildman–Crippen MR) is 79.0 cm³/mol. The first-order chi connectivity index (χ1) is 10.3. The Hall–Kier alpha value is -1.96. The Bertz CT molecular complexity index is 636. The highest BCUT2D eigenvalue weighted by Crippen LogP contribution is 2.40. The largest absolute Gasteiger partial charge is 0.458 e. The molecule has 8 heteroatoms. The number of hydrogen-bond donors (Lipinski definition) is 1. The molecule has 3 unspecified atom stereocenters. The molecular weight excluding hydrogens is 310 g/mol. The fourth-order valence-electron chi connectivity index (χ4n) is 2.84. The van der Waals surface area contributed by atoms with Gasteiger partial charge in [-0.05, 0) is 18.6 Å². The Morgan fingerprint density at radius 2 is 2.05 bits per heavy atom. The van der Waals surface area contributed by atoms with E-state index >= 15 is 0 Å². The lowest BCUT2D eigenvalue weighted by Crippen LogP contribution is -2.44. The molecule has 0 spiro atoms. The zero-order valence-electron chi connectivity index (χ0n) is 12.0. The van der Waals surface area contributed by atoms with Gasteiger partial charge >= 0.3 is 5.97 Å². The quantitative estimate of drug-likeness (QED) is 0.378. The number of hydrogen-bond acceptors (Lipinski definition) is 6. The Kier molecular flexibility index (Phi) is 4.80. The van der Waals surface area contributed by atoms with Crippen molar-refractivity contribution in [3.63, 3.8) is 0 Å². The topological polar surface area (TPSA) is 104 Å². The summed E-state index contributed by atoms with van der Waals surface area (Å²) in [5.41, 5.74) is -1.06. The van der Waals surface area contributed by atoms with E-state index in [1.807, 2.05) is 0 Å². The van der Waals surface area contributed by atoms with Crippen molar-refractivity contribution >= 4 is 16.7 Å². The molecule has 1 aromatic rings. The molecule has 0 heterocycles. The summed E-state index contributed by atoms with van der Waals surface area (Å²) in [4.78, 5) is 22.9. The van der Waals surface area contributed by atoms with Gasteiger partial charge in [0.25, 0.3) is 0 Å². The van der Waals surface area contributed by atoms with Crippen LogP contribution in [-0.2, 0) is 15.4 Å². The minimum Gasteiger partial charge on any atom is -0.458 e. The zero-order valence-corrected chi connectivity index (χ0v) is 12.9. The van der Waals surface area contributed by atoms with Crippen molar-refractivity contribution in [2.45, 2.75) is 31.4 Å². The number of carbonyl (C=O) groups excluding carboxylic acids is 1. The number of nitro groups is 1. The molecule has 1 aliphatic rings. The lowest BCUT2D eigenvalue weighted by atomic mass is 9.90. The lowest BCUT2D eigenvalue weighted by Gasteiger charge is -2.25. The van der Waals surface area contributed by atoms with Gasteiger partial charge in [-0.3, -0.25) is 10.1 Å². The summed E-state index contributed by atoms with van der Waals surface area (Å²) in [5, 5.41) is 11.3. The molecule has 1 saturated carbocycles. The van der Waals surface area contributed by atoms with Crippen LogP contribution in [0.25, 0.3) is 0 Å². The molecule has 120 valence electrons. The van der Waals surface area contributed by atoms with E-state index < -0.39 is 39.2 Å². The summed E-state index contributed by atoms with van der Waals surface area (Å²) in [5.74, 6) is -1.79. The summed E-state index contributed by atoms with van der Waals surface area (Å²) >= 11 is 0. The van der Waals surface area contributed by atoms with Crippen molar-refractivity contribution in [1.82, 2.24) is 0 Å². The van der Waals surface area contributed by atoms with E-state index in [0.717, 1.165) is 0 Å². The molecule has 0 saturated heterocycles. The molecule has 1 fully saturated rings. The minimum atomic E-state index is -2.80. The molecule has 0 aliphatic heterocycles. The van der Waals surface area contributed by atoms with Crippen LogP contribution in [0, 0.1) is 16.0 Å². The predicted octanol–water partition coefficient (Wildman–Crippen LogP) is 1.27. The van der Waals surface area contributed by atoms with E-state index in [1.165, 1.54) is 6.92 Å². The summed E-state index contributed by atoms with van der Waals surface area (Å²) in [7, 11) is -2.80. The fourth-order valence-corrected chi connectivity index (χ4v) is 3.79.